The molecular weight excluding hydrogens is 274 g/mol. The molecular formula is C17H21N5. The number of aryl methyl sites for hydroxylation is 3. The average molecular weight is 295 g/mol. The van der Waals surface area contributed by atoms with Gasteiger partial charge in [-0.25, -0.2) is 9.97 Å². The third kappa shape index (κ3) is 3.03. The minimum Gasteiger partial charge on any atom is -0.379 e. The van der Waals surface area contributed by atoms with Gasteiger partial charge in [0.15, 0.2) is 0 Å². The molecule has 0 amide bonds. The first-order valence-corrected chi connectivity index (χ1v) is 7.54. The first-order valence-electron chi connectivity index (χ1n) is 7.54. The van der Waals surface area contributed by atoms with Crippen molar-refractivity contribution in [3.8, 4) is 11.4 Å². The first-order chi connectivity index (χ1) is 10.7. The van der Waals surface area contributed by atoms with Crippen molar-refractivity contribution in [2.45, 2.75) is 33.9 Å². The van der Waals surface area contributed by atoms with E-state index >= 15 is 0 Å². The Balaban J connectivity index is 1.73. The lowest BCUT2D eigenvalue weighted by Gasteiger charge is -2.06. The van der Waals surface area contributed by atoms with Gasteiger partial charge in [-0.05, 0) is 32.9 Å². The Morgan fingerprint density at radius 3 is 2.82 bits per heavy atom. The molecule has 2 N–H and O–H groups in total. The van der Waals surface area contributed by atoms with Crippen molar-refractivity contribution in [2.24, 2.45) is 0 Å². The van der Waals surface area contributed by atoms with Crippen LogP contribution in [-0.4, -0.2) is 19.5 Å². The molecule has 0 spiro atoms. The number of H-pyrrole nitrogens is 1. The van der Waals surface area contributed by atoms with Gasteiger partial charge in [-0.3, -0.25) is 0 Å². The molecule has 5 nitrogen and oxygen atoms in total. The maximum Gasteiger partial charge on any atom is 0.137 e. The van der Waals surface area contributed by atoms with E-state index in [1.165, 1.54) is 0 Å². The van der Waals surface area contributed by atoms with E-state index in [2.05, 4.69) is 56.2 Å². The van der Waals surface area contributed by atoms with E-state index in [9.17, 15) is 0 Å². The highest BCUT2D eigenvalue weighted by Gasteiger charge is 2.06. The van der Waals surface area contributed by atoms with Crippen LogP contribution in [-0.2, 0) is 13.1 Å². The van der Waals surface area contributed by atoms with Crippen LogP contribution in [0, 0.1) is 13.8 Å². The normalized spacial score (nSPS) is 10.9. The Morgan fingerprint density at radius 2 is 2.14 bits per heavy atom. The summed E-state index contributed by atoms with van der Waals surface area (Å²) in [7, 11) is 0. The largest absolute Gasteiger partial charge is 0.379 e. The van der Waals surface area contributed by atoms with Crippen LogP contribution in [0.1, 0.15) is 24.0 Å². The number of aromatic nitrogens is 4. The van der Waals surface area contributed by atoms with Crippen molar-refractivity contribution in [3.05, 3.63) is 53.9 Å². The minimum absolute atomic E-state index is 0.715. The van der Waals surface area contributed by atoms with Crippen molar-refractivity contribution in [1.29, 1.82) is 0 Å². The average Bonchev–Trinajstić information content (AvgIpc) is 3.13. The van der Waals surface area contributed by atoms with E-state index in [1.807, 2.05) is 26.2 Å². The maximum atomic E-state index is 4.56. The van der Waals surface area contributed by atoms with Crippen molar-refractivity contribution in [2.75, 3.05) is 5.32 Å². The number of hydrogen-bond acceptors (Lipinski definition) is 3. The van der Waals surface area contributed by atoms with Gasteiger partial charge in [-0.1, -0.05) is 12.1 Å². The summed E-state index contributed by atoms with van der Waals surface area (Å²) in [6.45, 7) is 7.82. The number of anilines is 1. The van der Waals surface area contributed by atoms with Gasteiger partial charge in [0, 0.05) is 29.7 Å². The van der Waals surface area contributed by atoms with Crippen molar-refractivity contribution < 1.29 is 0 Å². The van der Waals surface area contributed by atoms with E-state index in [0.717, 1.165) is 40.7 Å². The van der Waals surface area contributed by atoms with E-state index in [1.54, 1.807) is 0 Å². The second-order valence-electron chi connectivity index (χ2n) is 5.43. The molecule has 5 heteroatoms. The Kier molecular flexibility index (Phi) is 3.96. The molecule has 3 rings (SSSR count). The molecule has 0 aliphatic heterocycles. The molecule has 0 unspecified atom stereocenters. The summed E-state index contributed by atoms with van der Waals surface area (Å²) in [5, 5.41) is 3.41. The molecule has 0 aliphatic rings. The fraction of sp³-hybridized carbons (Fsp3) is 0.294. The number of imidazole rings is 2. The molecule has 3 aromatic rings. The lowest BCUT2D eigenvalue weighted by molar-refractivity contribution is 0.760. The number of benzene rings is 1. The standard InChI is InChI=1S/C17H21N5/c1-4-22-10-16(19-11-22)9-18-15-7-5-6-14(8-15)17-20-12(2)13(3)21-17/h5-8,10-11,18H,4,9H2,1-3H3,(H,20,21). The van der Waals surface area contributed by atoms with Crippen molar-refractivity contribution >= 4 is 5.69 Å². The highest BCUT2D eigenvalue weighted by atomic mass is 15.0. The Bertz CT molecular complexity index is 749. The molecule has 0 saturated heterocycles. The Morgan fingerprint density at radius 1 is 1.27 bits per heavy atom. The molecule has 0 atom stereocenters. The van der Waals surface area contributed by atoms with E-state index in [0.29, 0.717) is 6.54 Å². The predicted octanol–water partition coefficient (Wildman–Crippen LogP) is 3.52. The van der Waals surface area contributed by atoms with E-state index < -0.39 is 0 Å². The van der Waals surface area contributed by atoms with Crippen LogP contribution in [0.3, 0.4) is 0 Å². The zero-order valence-corrected chi connectivity index (χ0v) is 13.2. The van der Waals surface area contributed by atoms with Gasteiger partial charge in [0.05, 0.1) is 24.3 Å². The van der Waals surface area contributed by atoms with Gasteiger partial charge in [0.25, 0.3) is 0 Å². The number of nitrogens with one attached hydrogen (secondary N) is 2. The highest BCUT2D eigenvalue weighted by molar-refractivity contribution is 5.63. The fourth-order valence-corrected chi connectivity index (χ4v) is 2.32. The fourth-order valence-electron chi connectivity index (χ4n) is 2.32. The molecule has 2 heterocycles. The zero-order chi connectivity index (χ0) is 15.5. The summed E-state index contributed by atoms with van der Waals surface area (Å²) in [5.74, 6) is 0.911. The summed E-state index contributed by atoms with van der Waals surface area (Å²) >= 11 is 0. The molecule has 114 valence electrons. The molecule has 0 bridgehead atoms. The summed E-state index contributed by atoms with van der Waals surface area (Å²) in [6, 6.07) is 8.27. The van der Waals surface area contributed by atoms with Crippen LogP contribution in [0.4, 0.5) is 5.69 Å². The van der Waals surface area contributed by atoms with E-state index in [-0.39, 0.29) is 0 Å². The number of aromatic amines is 1. The van der Waals surface area contributed by atoms with Crippen LogP contribution < -0.4 is 5.32 Å². The van der Waals surface area contributed by atoms with Crippen LogP contribution in [0.25, 0.3) is 11.4 Å². The lowest BCUT2D eigenvalue weighted by Crippen LogP contribution is -2.00. The van der Waals surface area contributed by atoms with Gasteiger partial charge < -0.3 is 14.9 Å². The monoisotopic (exact) mass is 295 g/mol. The topological polar surface area (TPSA) is 58.5 Å². The summed E-state index contributed by atoms with van der Waals surface area (Å²) < 4.78 is 2.07. The van der Waals surface area contributed by atoms with Crippen LogP contribution >= 0.6 is 0 Å². The summed E-state index contributed by atoms with van der Waals surface area (Å²) in [4.78, 5) is 12.3. The maximum absolute atomic E-state index is 4.56. The second-order valence-corrected chi connectivity index (χ2v) is 5.43. The quantitative estimate of drug-likeness (QED) is 0.757. The molecule has 22 heavy (non-hydrogen) atoms. The summed E-state index contributed by atoms with van der Waals surface area (Å²) in [6.07, 6.45) is 3.93. The van der Waals surface area contributed by atoms with Gasteiger partial charge in [0.1, 0.15) is 5.82 Å². The first kappa shape index (κ1) is 14.4. The minimum atomic E-state index is 0.715. The van der Waals surface area contributed by atoms with Gasteiger partial charge in [-0.15, -0.1) is 0 Å². The number of rotatable bonds is 5. The third-order valence-electron chi connectivity index (χ3n) is 3.79. The van der Waals surface area contributed by atoms with E-state index in [4.69, 9.17) is 0 Å². The Hall–Kier alpha value is -2.56. The molecule has 0 radical (unpaired) electrons. The SMILES string of the molecule is CCn1cnc(CNc2cccc(-c3nc(C)c(C)[nH]3)c2)c1. The van der Waals surface area contributed by atoms with Gasteiger partial charge >= 0.3 is 0 Å². The second kappa shape index (κ2) is 6.05. The number of hydrogen-bond donors (Lipinski definition) is 2. The molecule has 0 aliphatic carbocycles. The number of nitrogens with zero attached hydrogens (tertiary/aromatic N) is 3. The highest BCUT2D eigenvalue weighted by Crippen LogP contribution is 2.21. The van der Waals surface area contributed by atoms with Crippen LogP contribution in [0.5, 0.6) is 0 Å². The molecule has 0 fully saturated rings. The third-order valence-corrected chi connectivity index (χ3v) is 3.79. The molecule has 1 aromatic carbocycles. The van der Waals surface area contributed by atoms with Crippen molar-refractivity contribution in [3.63, 3.8) is 0 Å². The van der Waals surface area contributed by atoms with Crippen LogP contribution in [0.2, 0.25) is 0 Å². The van der Waals surface area contributed by atoms with Gasteiger partial charge in [-0.2, -0.15) is 0 Å². The summed E-state index contributed by atoms with van der Waals surface area (Å²) in [5.41, 5.74) is 5.34. The lowest BCUT2D eigenvalue weighted by atomic mass is 10.2. The zero-order valence-electron chi connectivity index (χ0n) is 13.2. The molecule has 0 saturated carbocycles. The smallest absolute Gasteiger partial charge is 0.137 e. The molecule has 2 aromatic heterocycles. The predicted molar refractivity (Wildman–Crippen MR) is 88.7 cm³/mol. The Labute approximate surface area is 130 Å². The van der Waals surface area contributed by atoms with Crippen molar-refractivity contribution in [1.82, 2.24) is 19.5 Å². The van der Waals surface area contributed by atoms with Crippen LogP contribution in [0.15, 0.2) is 36.8 Å². The van der Waals surface area contributed by atoms with Gasteiger partial charge in [0.2, 0.25) is 0 Å².